The van der Waals surface area contributed by atoms with E-state index in [9.17, 15) is 5.11 Å². The molecule has 132 valence electrons. The average Bonchev–Trinajstić information content (AvgIpc) is 2.42. The van der Waals surface area contributed by atoms with Gasteiger partial charge in [0.1, 0.15) is 0 Å². The number of allylic oxidation sites excluding steroid dienone is 5. The normalized spacial score (nSPS) is 30.4. The van der Waals surface area contributed by atoms with Crippen molar-refractivity contribution in [1.82, 2.24) is 0 Å². The van der Waals surface area contributed by atoms with Crippen LogP contribution in [0.15, 0.2) is 47.1 Å². The number of rotatable bonds is 4. The third-order valence-corrected chi connectivity index (χ3v) is 6.31. The molecule has 2 rings (SSSR count). The number of aliphatic hydroxyl groups excluding tert-OH is 1. The first-order valence-electron chi connectivity index (χ1n) is 9.11. The molecule has 0 aromatic rings. The second-order valence-corrected chi connectivity index (χ2v) is 9.82. The van der Waals surface area contributed by atoms with Crippen molar-refractivity contribution in [2.75, 3.05) is 0 Å². The second-order valence-electron chi connectivity index (χ2n) is 8.82. The highest BCUT2D eigenvalue weighted by Gasteiger charge is 2.38. The zero-order chi connectivity index (χ0) is 18.0. The second kappa shape index (κ2) is 7.63. The monoisotopic (exact) mass is 345 g/mol. The fourth-order valence-corrected chi connectivity index (χ4v) is 5.00. The van der Waals surface area contributed by atoms with Crippen molar-refractivity contribution in [3.05, 3.63) is 53.0 Å². The van der Waals surface area contributed by atoms with Crippen LogP contribution in [0.4, 0.5) is 0 Å². The van der Waals surface area contributed by atoms with Gasteiger partial charge >= 0.3 is 0 Å². The van der Waals surface area contributed by atoms with Gasteiger partial charge in [0.2, 0.25) is 0 Å². The summed E-state index contributed by atoms with van der Waals surface area (Å²) in [5.41, 5.74) is 3.15. The molecule has 3 atom stereocenters. The van der Waals surface area contributed by atoms with E-state index in [1.165, 1.54) is 17.1 Å². The van der Waals surface area contributed by atoms with E-state index in [-0.39, 0.29) is 11.5 Å². The molecule has 1 unspecified atom stereocenters. The summed E-state index contributed by atoms with van der Waals surface area (Å²) >= 11 is 0. The molecule has 0 aromatic heterocycles. The van der Waals surface area contributed by atoms with Crippen LogP contribution in [-0.4, -0.2) is 11.2 Å². The third kappa shape index (κ3) is 4.64. The highest BCUT2D eigenvalue weighted by Crippen LogP contribution is 2.43. The molecule has 0 heterocycles. The predicted molar refractivity (Wildman–Crippen MR) is 108 cm³/mol. The Morgan fingerprint density at radius 3 is 2.58 bits per heavy atom. The molecule has 0 saturated carbocycles. The van der Waals surface area contributed by atoms with E-state index >= 15 is 0 Å². The molecule has 0 spiro atoms. The lowest BCUT2D eigenvalue weighted by Crippen LogP contribution is -2.28. The predicted octanol–water partition coefficient (Wildman–Crippen LogP) is 6.39. The minimum Gasteiger partial charge on any atom is -0.393 e. The van der Waals surface area contributed by atoms with E-state index < -0.39 is 0 Å². The van der Waals surface area contributed by atoms with Crippen molar-refractivity contribution in [2.24, 2.45) is 16.7 Å². The molecule has 1 nitrogen and oxygen atoms in total. The molecule has 24 heavy (non-hydrogen) atoms. The van der Waals surface area contributed by atoms with Crippen LogP contribution < -0.4 is 0 Å². The van der Waals surface area contributed by atoms with Gasteiger partial charge in [0, 0.05) is 24.8 Å². The number of aliphatic hydroxyl groups is 1. The highest BCUT2D eigenvalue weighted by molar-refractivity contribution is 7.45. The summed E-state index contributed by atoms with van der Waals surface area (Å²) in [4.78, 5) is 0. The molecule has 2 aliphatic rings. The largest absolute Gasteiger partial charge is 0.393 e. The molecule has 0 fully saturated rings. The fraction of sp³-hybridized carbons (Fsp3) is 0.591. The van der Waals surface area contributed by atoms with Crippen LogP contribution in [0.1, 0.15) is 60.8 Å². The summed E-state index contributed by atoms with van der Waals surface area (Å²) in [7, 11) is 0.711. The molecule has 0 aliphatic heterocycles. The van der Waals surface area contributed by atoms with Crippen LogP contribution in [0.25, 0.3) is 0 Å². The number of hydrogen-bond donors (Lipinski definition) is 1. The Labute approximate surface area is 150 Å². The van der Waals surface area contributed by atoms with Crippen molar-refractivity contribution < 1.29 is 5.11 Å². The first-order chi connectivity index (χ1) is 11.1. The van der Waals surface area contributed by atoms with E-state index in [1.54, 1.807) is 0 Å². The van der Waals surface area contributed by atoms with Gasteiger partial charge < -0.3 is 5.11 Å². The molecule has 0 saturated heterocycles. The quantitative estimate of drug-likeness (QED) is 0.462. The third-order valence-electron chi connectivity index (χ3n) is 5.56. The highest BCUT2D eigenvalue weighted by atomic mass is 31.1. The van der Waals surface area contributed by atoms with Gasteiger partial charge in [0.05, 0.1) is 24.0 Å². The lowest BCUT2D eigenvalue weighted by atomic mass is 9.67. The van der Waals surface area contributed by atoms with Gasteiger partial charge in [-0.3, -0.25) is 0 Å². The molecule has 1 N–H and O–H groups in total. The Morgan fingerprint density at radius 1 is 1.25 bits per heavy atom. The average molecular weight is 345 g/mol. The van der Waals surface area contributed by atoms with Gasteiger partial charge in [-0.2, -0.15) is 0 Å². The van der Waals surface area contributed by atoms with Crippen LogP contribution >= 0.6 is 8.58 Å². The maximum Gasteiger partial charge on any atom is 0.0925 e. The Kier molecular flexibility index (Phi) is 6.21. The van der Waals surface area contributed by atoms with Crippen molar-refractivity contribution in [1.29, 1.82) is 0 Å². The smallest absolute Gasteiger partial charge is 0.0925 e. The maximum atomic E-state index is 9.99. The van der Waals surface area contributed by atoms with Gasteiger partial charge in [0.25, 0.3) is 0 Å². The van der Waals surface area contributed by atoms with Crippen molar-refractivity contribution in [2.45, 2.75) is 66.9 Å². The Morgan fingerprint density at radius 2 is 1.96 bits per heavy atom. The van der Waals surface area contributed by atoms with Crippen LogP contribution in [-0.2, 0) is 0 Å². The zero-order valence-electron chi connectivity index (χ0n) is 16.2. The van der Waals surface area contributed by atoms with E-state index in [1.807, 2.05) is 0 Å². The summed E-state index contributed by atoms with van der Waals surface area (Å²) in [5, 5.41) is 9.99. The molecular formula is C22H34OP+. The summed E-state index contributed by atoms with van der Waals surface area (Å²) in [5.74, 6) is 6.66. The van der Waals surface area contributed by atoms with E-state index in [2.05, 4.69) is 77.5 Å². The Balaban J connectivity index is 1.99. The topological polar surface area (TPSA) is 20.2 Å². The van der Waals surface area contributed by atoms with Gasteiger partial charge in [-0.25, -0.2) is 0 Å². The van der Waals surface area contributed by atoms with E-state index in [0.29, 0.717) is 19.9 Å². The minimum atomic E-state index is -0.181. The van der Waals surface area contributed by atoms with Crippen LogP contribution in [0.2, 0.25) is 0 Å². The summed E-state index contributed by atoms with van der Waals surface area (Å²) in [6.07, 6.45) is 11.9. The van der Waals surface area contributed by atoms with Crippen LogP contribution in [0, 0.1) is 22.7 Å². The zero-order valence-corrected chi connectivity index (χ0v) is 17.2. The number of hydrogen-bond acceptors (Lipinski definition) is 1. The fourth-order valence-electron chi connectivity index (χ4n) is 4.33. The van der Waals surface area contributed by atoms with Gasteiger partial charge in [-0.1, -0.05) is 65.6 Å². The van der Waals surface area contributed by atoms with Crippen molar-refractivity contribution in [3.8, 4) is 0 Å². The lowest BCUT2D eigenvalue weighted by molar-refractivity contribution is 0.116. The summed E-state index contributed by atoms with van der Waals surface area (Å²) < 4.78 is 0. The van der Waals surface area contributed by atoms with Crippen LogP contribution in [0.3, 0.4) is 0 Å². The SMILES string of the molecule is CC1=C(/C=C/P/C=C/[C@H]2[C+](C)C=CCC2(C)C)C(C)(C)C[C@H](O)C1. The van der Waals surface area contributed by atoms with Gasteiger partial charge in [0.15, 0.2) is 0 Å². The molecule has 0 amide bonds. The van der Waals surface area contributed by atoms with E-state index in [4.69, 9.17) is 0 Å². The molecule has 0 aromatic carbocycles. The molecular weight excluding hydrogens is 311 g/mol. The molecule has 0 bridgehead atoms. The Bertz CT molecular complexity index is 563. The van der Waals surface area contributed by atoms with Crippen molar-refractivity contribution >= 4 is 8.58 Å². The molecule has 2 aliphatic carbocycles. The molecule has 2 heteroatoms. The maximum absolute atomic E-state index is 9.99. The lowest BCUT2D eigenvalue weighted by Gasteiger charge is -2.35. The van der Waals surface area contributed by atoms with Gasteiger partial charge in [-0.15, -0.1) is 0 Å². The first-order valence-corrected chi connectivity index (χ1v) is 10.3. The molecule has 0 radical (unpaired) electrons. The Hall–Kier alpha value is -0.780. The first kappa shape index (κ1) is 19.5. The van der Waals surface area contributed by atoms with Gasteiger partial charge in [-0.05, 0) is 30.8 Å². The summed E-state index contributed by atoms with van der Waals surface area (Å²) in [6, 6.07) is 0. The van der Waals surface area contributed by atoms with Crippen LogP contribution in [0.5, 0.6) is 0 Å². The van der Waals surface area contributed by atoms with E-state index in [0.717, 1.165) is 19.3 Å². The summed E-state index contributed by atoms with van der Waals surface area (Å²) in [6.45, 7) is 13.6. The standard InChI is InChI=1S/C22H34OP/c1-16-8-7-11-21(3,4)19(16)9-12-24-13-10-20-17(2)14-18(23)15-22(20,5)6/h7-10,12-13,18-19,23-24H,11,14-15H2,1-6H3/q+1/b12-9+,13-10+/t18-,19+/m1/s1. The van der Waals surface area contributed by atoms with Crippen molar-refractivity contribution in [3.63, 3.8) is 0 Å². The minimum absolute atomic E-state index is 0.0764.